The highest BCUT2D eigenvalue weighted by molar-refractivity contribution is 7.99. The van der Waals surface area contributed by atoms with Gasteiger partial charge in [-0.1, -0.05) is 31.0 Å². The van der Waals surface area contributed by atoms with Crippen LogP contribution in [0.2, 0.25) is 0 Å². The van der Waals surface area contributed by atoms with Gasteiger partial charge in [0.05, 0.1) is 6.26 Å². The minimum Gasteiger partial charge on any atom is -0.461 e. The molecule has 124 valence electrons. The number of hydrogen-bond acceptors (Lipinski definition) is 5. The van der Waals surface area contributed by atoms with Crippen LogP contribution in [0.1, 0.15) is 57.9 Å². The van der Waals surface area contributed by atoms with E-state index in [1.165, 1.54) is 32.1 Å². The van der Waals surface area contributed by atoms with Gasteiger partial charge in [0.25, 0.3) is 0 Å². The van der Waals surface area contributed by atoms with Crippen molar-refractivity contribution in [2.75, 3.05) is 5.75 Å². The number of thioether (sulfide) groups is 1. The lowest BCUT2D eigenvalue weighted by Crippen LogP contribution is -2.15. The number of nitrogens with zero attached hydrogens (tertiary/aromatic N) is 3. The normalized spacial score (nSPS) is 15.9. The molecule has 0 aliphatic heterocycles. The molecule has 0 amide bonds. The summed E-state index contributed by atoms with van der Waals surface area (Å²) in [6.07, 6.45) is 9.37. The third kappa shape index (κ3) is 4.05. The first-order valence-electron chi connectivity index (χ1n) is 8.36. The Balaban J connectivity index is 1.79. The molecular weight excluding hydrogens is 310 g/mol. The summed E-state index contributed by atoms with van der Waals surface area (Å²) in [6.45, 7) is 1.64. The minimum atomic E-state index is 0.246. The van der Waals surface area contributed by atoms with Gasteiger partial charge in [-0.3, -0.25) is 4.57 Å². The fourth-order valence-corrected chi connectivity index (χ4v) is 4.05. The largest absolute Gasteiger partial charge is 0.461 e. The Hall–Kier alpha value is -1.56. The average molecular weight is 333 g/mol. The SMILES string of the molecule is CC(=O)CCCSc1nnc(-c2ccco2)n1C1CCCCC1. The monoisotopic (exact) mass is 333 g/mol. The van der Waals surface area contributed by atoms with Gasteiger partial charge in [0.1, 0.15) is 5.78 Å². The van der Waals surface area contributed by atoms with Crippen LogP contribution in [0, 0.1) is 0 Å². The fraction of sp³-hybridized carbons (Fsp3) is 0.588. The molecule has 0 N–H and O–H groups in total. The maximum Gasteiger partial charge on any atom is 0.200 e. The average Bonchev–Trinajstić information content (AvgIpc) is 3.21. The molecule has 3 rings (SSSR count). The standard InChI is InChI=1S/C17H23N3O2S/c1-13(21)7-6-12-23-17-19-18-16(15-10-5-11-22-15)20(17)14-8-3-2-4-9-14/h5,10-11,14H,2-4,6-9,12H2,1H3. The van der Waals surface area contributed by atoms with E-state index >= 15 is 0 Å². The Kier molecular flexibility index (Phi) is 5.54. The molecule has 0 spiro atoms. The van der Waals surface area contributed by atoms with Crippen molar-refractivity contribution in [2.24, 2.45) is 0 Å². The van der Waals surface area contributed by atoms with Gasteiger partial charge in [-0.2, -0.15) is 0 Å². The molecule has 2 aromatic rings. The summed E-state index contributed by atoms with van der Waals surface area (Å²) < 4.78 is 7.80. The van der Waals surface area contributed by atoms with Gasteiger partial charge in [0.2, 0.25) is 5.82 Å². The molecule has 0 aromatic carbocycles. The van der Waals surface area contributed by atoms with Crippen molar-refractivity contribution in [1.29, 1.82) is 0 Å². The first kappa shape index (κ1) is 16.3. The lowest BCUT2D eigenvalue weighted by Gasteiger charge is -2.25. The van der Waals surface area contributed by atoms with E-state index in [0.29, 0.717) is 12.5 Å². The topological polar surface area (TPSA) is 60.9 Å². The molecule has 0 atom stereocenters. The maximum atomic E-state index is 11.1. The highest BCUT2D eigenvalue weighted by Crippen LogP contribution is 2.35. The van der Waals surface area contributed by atoms with Gasteiger partial charge in [-0.05, 0) is 38.3 Å². The van der Waals surface area contributed by atoms with Gasteiger partial charge >= 0.3 is 0 Å². The van der Waals surface area contributed by atoms with Crippen molar-refractivity contribution < 1.29 is 9.21 Å². The molecular formula is C17H23N3O2S. The van der Waals surface area contributed by atoms with Crippen LogP contribution in [-0.4, -0.2) is 26.3 Å². The van der Waals surface area contributed by atoms with Crippen molar-refractivity contribution in [3.05, 3.63) is 18.4 Å². The van der Waals surface area contributed by atoms with Crippen molar-refractivity contribution >= 4 is 17.5 Å². The lowest BCUT2D eigenvalue weighted by molar-refractivity contribution is -0.117. The third-order valence-electron chi connectivity index (χ3n) is 4.25. The Morgan fingerprint density at radius 1 is 1.35 bits per heavy atom. The van der Waals surface area contributed by atoms with Crippen LogP contribution in [0.5, 0.6) is 0 Å². The van der Waals surface area contributed by atoms with E-state index in [4.69, 9.17) is 4.42 Å². The summed E-state index contributed by atoms with van der Waals surface area (Å²) in [4.78, 5) is 11.1. The Morgan fingerprint density at radius 3 is 2.87 bits per heavy atom. The summed E-state index contributed by atoms with van der Waals surface area (Å²) in [5.74, 6) is 2.74. The Labute approximate surface area is 140 Å². The summed E-state index contributed by atoms with van der Waals surface area (Å²) in [5, 5.41) is 9.72. The minimum absolute atomic E-state index is 0.246. The molecule has 5 nitrogen and oxygen atoms in total. The second-order valence-corrected chi connectivity index (χ2v) is 7.16. The molecule has 2 aromatic heterocycles. The van der Waals surface area contributed by atoms with Crippen molar-refractivity contribution in [1.82, 2.24) is 14.8 Å². The molecule has 0 saturated heterocycles. The molecule has 1 aliphatic rings. The molecule has 1 saturated carbocycles. The molecule has 0 radical (unpaired) electrons. The summed E-state index contributed by atoms with van der Waals surface area (Å²) >= 11 is 1.70. The van der Waals surface area contributed by atoms with Gasteiger partial charge in [-0.15, -0.1) is 10.2 Å². The van der Waals surface area contributed by atoms with E-state index in [0.717, 1.165) is 28.9 Å². The molecule has 1 fully saturated rings. The zero-order valence-corrected chi connectivity index (χ0v) is 14.3. The third-order valence-corrected chi connectivity index (χ3v) is 5.28. The Bertz CT molecular complexity index is 630. The van der Waals surface area contributed by atoms with Gasteiger partial charge in [0.15, 0.2) is 10.9 Å². The number of Topliss-reactive ketones (excluding diaryl/α,β-unsaturated/α-hetero) is 1. The van der Waals surface area contributed by atoms with Gasteiger partial charge in [-0.25, -0.2) is 0 Å². The van der Waals surface area contributed by atoms with E-state index in [1.54, 1.807) is 24.9 Å². The predicted octanol–water partition coefficient (Wildman–Crippen LogP) is 4.50. The highest BCUT2D eigenvalue weighted by atomic mass is 32.2. The smallest absolute Gasteiger partial charge is 0.200 e. The zero-order chi connectivity index (χ0) is 16.1. The van der Waals surface area contributed by atoms with Crippen LogP contribution < -0.4 is 0 Å². The predicted molar refractivity (Wildman–Crippen MR) is 90.5 cm³/mol. The van der Waals surface area contributed by atoms with Crippen LogP contribution >= 0.6 is 11.8 Å². The Morgan fingerprint density at radius 2 is 2.17 bits per heavy atom. The first-order chi connectivity index (χ1) is 11.3. The number of rotatable bonds is 7. The van der Waals surface area contributed by atoms with E-state index in [2.05, 4.69) is 14.8 Å². The number of aromatic nitrogens is 3. The molecule has 0 unspecified atom stereocenters. The van der Waals surface area contributed by atoms with E-state index < -0.39 is 0 Å². The van der Waals surface area contributed by atoms with E-state index in [1.807, 2.05) is 12.1 Å². The van der Waals surface area contributed by atoms with Gasteiger partial charge in [0, 0.05) is 18.2 Å². The summed E-state index contributed by atoms with van der Waals surface area (Å²) in [7, 11) is 0. The summed E-state index contributed by atoms with van der Waals surface area (Å²) in [5.41, 5.74) is 0. The number of ketones is 1. The maximum absolute atomic E-state index is 11.1. The second kappa shape index (κ2) is 7.81. The quantitative estimate of drug-likeness (QED) is 0.551. The molecule has 23 heavy (non-hydrogen) atoms. The molecule has 2 heterocycles. The van der Waals surface area contributed by atoms with Crippen LogP contribution in [0.4, 0.5) is 0 Å². The van der Waals surface area contributed by atoms with Crippen LogP contribution in [-0.2, 0) is 4.79 Å². The molecule has 0 bridgehead atoms. The van der Waals surface area contributed by atoms with Crippen molar-refractivity contribution in [3.63, 3.8) is 0 Å². The lowest BCUT2D eigenvalue weighted by atomic mass is 9.95. The van der Waals surface area contributed by atoms with E-state index in [9.17, 15) is 4.79 Å². The van der Waals surface area contributed by atoms with Crippen molar-refractivity contribution in [2.45, 2.75) is 63.1 Å². The van der Waals surface area contributed by atoms with Gasteiger partial charge < -0.3 is 9.21 Å². The van der Waals surface area contributed by atoms with Crippen LogP contribution in [0.3, 0.4) is 0 Å². The second-order valence-electron chi connectivity index (χ2n) is 6.10. The molecule has 1 aliphatic carbocycles. The molecule has 6 heteroatoms. The number of furan rings is 1. The number of carbonyl (C=O) groups excluding carboxylic acids is 1. The van der Waals surface area contributed by atoms with Crippen LogP contribution in [0.15, 0.2) is 28.0 Å². The highest BCUT2D eigenvalue weighted by Gasteiger charge is 2.24. The first-order valence-corrected chi connectivity index (χ1v) is 9.35. The van der Waals surface area contributed by atoms with E-state index in [-0.39, 0.29) is 5.78 Å². The zero-order valence-electron chi connectivity index (χ0n) is 13.5. The number of hydrogen-bond donors (Lipinski definition) is 0. The van der Waals surface area contributed by atoms with Crippen molar-refractivity contribution in [3.8, 4) is 11.6 Å². The number of carbonyl (C=O) groups is 1. The fourth-order valence-electron chi connectivity index (χ4n) is 3.10. The van der Waals surface area contributed by atoms with Crippen LogP contribution in [0.25, 0.3) is 11.6 Å². The summed E-state index contributed by atoms with van der Waals surface area (Å²) in [6, 6.07) is 4.27.